The van der Waals surface area contributed by atoms with Crippen molar-refractivity contribution in [2.75, 3.05) is 17.3 Å². The second kappa shape index (κ2) is 8.86. The fourth-order valence-corrected chi connectivity index (χ4v) is 4.34. The summed E-state index contributed by atoms with van der Waals surface area (Å²) in [5, 5.41) is 12.6. The largest absolute Gasteiger partial charge is 0.497 e. The Labute approximate surface area is 179 Å². The van der Waals surface area contributed by atoms with E-state index in [1.165, 1.54) is 13.2 Å². The predicted octanol–water partition coefficient (Wildman–Crippen LogP) is 5.18. The number of hydrogen-bond acceptors (Lipinski definition) is 4. The highest BCUT2D eigenvalue weighted by atomic mass is 79.9. The summed E-state index contributed by atoms with van der Waals surface area (Å²) in [5.41, 5.74) is 1.72. The van der Waals surface area contributed by atoms with Crippen LogP contribution in [0.15, 0.2) is 40.9 Å². The van der Waals surface area contributed by atoms with Crippen LogP contribution in [-0.4, -0.2) is 36.2 Å². The van der Waals surface area contributed by atoms with E-state index < -0.39 is 5.97 Å². The maximum absolute atomic E-state index is 12.7. The zero-order valence-electron chi connectivity index (χ0n) is 16.7. The van der Waals surface area contributed by atoms with Crippen molar-refractivity contribution >= 4 is 39.2 Å². The molecule has 0 bridgehead atoms. The minimum absolute atomic E-state index is 0.188. The lowest BCUT2D eigenvalue weighted by molar-refractivity contribution is 0.0697. The third-order valence-corrected chi connectivity index (χ3v) is 6.07. The van der Waals surface area contributed by atoms with Crippen molar-refractivity contribution in [2.45, 2.75) is 45.2 Å². The molecule has 1 aliphatic heterocycles. The van der Waals surface area contributed by atoms with Gasteiger partial charge in [-0.15, -0.1) is 0 Å². The lowest BCUT2D eigenvalue weighted by Gasteiger charge is -2.41. The monoisotopic (exact) mass is 460 g/mol. The summed E-state index contributed by atoms with van der Waals surface area (Å²) in [6.07, 6.45) is 3.21. The van der Waals surface area contributed by atoms with Gasteiger partial charge in [-0.05, 0) is 85.4 Å². The maximum Gasteiger partial charge on any atom is 0.337 e. The molecule has 3 rings (SSSR count). The van der Waals surface area contributed by atoms with E-state index in [-0.39, 0.29) is 23.6 Å². The summed E-state index contributed by atoms with van der Waals surface area (Å²) in [5.74, 6) is -0.795. The predicted molar refractivity (Wildman–Crippen MR) is 117 cm³/mol. The third kappa shape index (κ3) is 4.56. The average molecular weight is 461 g/mol. The molecule has 2 unspecified atom stereocenters. The van der Waals surface area contributed by atoms with E-state index in [0.29, 0.717) is 27.2 Å². The molecule has 1 saturated heterocycles. The van der Waals surface area contributed by atoms with E-state index in [0.717, 1.165) is 19.3 Å². The van der Waals surface area contributed by atoms with Crippen LogP contribution in [0.25, 0.3) is 0 Å². The Hall–Kier alpha value is -2.54. The van der Waals surface area contributed by atoms with Gasteiger partial charge in [0.15, 0.2) is 0 Å². The smallest absolute Gasteiger partial charge is 0.337 e. The number of benzene rings is 2. The normalized spacial score (nSPS) is 19.0. The Balaban J connectivity index is 1.91. The number of carboxylic acids is 1. The summed E-state index contributed by atoms with van der Waals surface area (Å²) in [6.45, 7) is 4.24. The molecule has 0 aliphatic carbocycles. The summed E-state index contributed by atoms with van der Waals surface area (Å²) in [6, 6.07) is 10.7. The molecule has 2 aromatic rings. The Morgan fingerprint density at radius 2 is 1.79 bits per heavy atom. The van der Waals surface area contributed by atoms with E-state index in [9.17, 15) is 14.7 Å². The summed E-state index contributed by atoms with van der Waals surface area (Å²) < 4.78 is 5.81. The molecule has 2 aromatic carbocycles. The number of carboxylic acid groups (broad SMARTS) is 1. The summed E-state index contributed by atoms with van der Waals surface area (Å²) >= 11 is 3.37. The molecule has 1 heterocycles. The van der Waals surface area contributed by atoms with Gasteiger partial charge in [0.2, 0.25) is 0 Å². The number of rotatable bonds is 5. The molecule has 29 heavy (non-hydrogen) atoms. The van der Waals surface area contributed by atoms with Crippen molar-refractivity contribution in [1.29, 1.82) is 0 Å². The van der Waals surface area contributed by atoms with Crippen LogP contribution in [0.5, 0.6) is 5.75 Å². The standard InChI is InChI=1S/C22H25BrN2O4/c1-13-5-4-6-14(2)25(13)20-10-7-15(11-18(20)22(27)28)24-21(26)17-12-16(29-3)8-9-19(17)23/h7-14H,4-6H2,1-3H3,(H,24,26)(H,27,28). The number of nitrogens with one attached hydrogen (secondary N) is 1. The molecule has 0 radical (unpaired) electrons. The molecule has 2 N–H and O–H groups in total. The second-order valence-corrected chi connectivity index (χ2v) is 8.23. The van der Waals surface area contributed by atoms with Crippen LogP contribution in [-0.2, 0) is 0 Å². The molecule has 1 fully saturated rings. The van der Waals surface area contributed by atoms with E-state index in [1.54, 1.807) is 30.3 Å². The molecular formula is C22H25BrN2O4. The van der Waals surface area contributed by atoms with E-state index in [4.69, 9.17) is 4.74 Å². The zero-order valence-corrected chi connectivity index (χ0v) is 18.3. The first-order valence-electron chi connectivity index (χ1n) is 9.62. The first kappa shape index (κ1) is 21.2. The lowest BCUT2D eigenvalue weighted by Crippen LogP contribution is -2.44. The number of amides is 1. The molecule has 1 aliphatic rings. The van der Waals surface area contributed by atoms with Crippen LogP contribution < -0.4 is 15.0 Å². The fraction of sp³-hybridized carbons (Fsp3) is 0.364. The molecule has 0 saturated carbocycles. The highest BCUT2D eigenvalue weighted by Gasteiger charge is 2.28. The van der Waals surface area contributed by atoms with Crippen molar-refractivity contribution in [3.8, 4) is 5.75 Å². The first-order valence-corrected chi connectivity index (χ1v) is 10.4. The van der Waals surface area contributed by atoms with Crippen molar-refractivity contribution in [3.63, 3.8) is 0 Å². The molecule has 2 atom stereocenters. The lowest BCUT2D eigenvalue weighted by atomic mass is 9.95. The molecule has 0 spiro atoms. The van der Waals surface area contributed by atoms with Crippen LogP contribution in [0, 0.1) is 0 Å². The maximum atomic E-state index is 12.7. The Morgan fingerprint density at radius 1 is 1.10 bits per heavy atom. The topological polar surface area (TPSA) is 78.9 Å². The van der Waals surface area contributed by atoms with Crippen LogP contribution in [0.1, 0.15) is 53.8 Å². The fourth-order valence-electron chi connectivity index (χ4n) is 3.91. The zero-order chi connectivity index (χ0) is 21.1. The molecule has 1 amide bonds. The van der Waals surface area contributed by atoms with Gasteiger partial charge in [0.25, 0.3) is 5.91 Å². The van der Waals surface area contributed by atoms with Gasteiger partial charge < -0.3 is 20.1 Å². The van der Waals surface area contributed by atoms with Gasteiger partial charge in [0.1, 0.15) is 5.75 Å². The summed E-state index contributed by atoms with van der Waals surface area (Å²) in [7, 11) is 1.53. The van der Waals surface area contributed by atoms with Gasteiger partial charge >= 0.3 is 5.97 Å². The Morgan fingerprint density at radius 3 is 2.41 bits per heavy atom. The van der Waals surface area contributed by atoms with Crippen molar-refractivity contribution in [3.05, 3.63) is 52.0 Å². The van der Waals surface area contributed by atoms with Gasteiger partial charge in [-0.3, -0.25) is 4.79 Å². The molecule has 6 nitrogen and oxygen atoms in total. The van der Waals surface area contributed by atoms with Crippen LogP contribution in [0.2, 0.25) is 0 Å². The number of ether oxygens (including phenoxy) is 1. The van der Waals surface area contributed by atoms with Gasteiger partial charge in [0, 0.05) is 22.2 Å². The van der Waals surface area contributed by atoms with Crippen LogP contribution in [0.4, 0.5) is 11.4 Å². The number of carbonyl (C=O) groups is 2. The van der Waals surface area contributed by atoms with Crippen molar-refractivity contribution in [1.82, 2.24) is 0 Å². The number of carbonyl (C=O) groups excluding carboxylic acids is 1. The number of anilines is 2. The van der Waals surface area contributed by atoms with Crippen molar-refractivity contribution in [2.24, 2.45) is 0 Å². The van der Waals surface area contributed by atoms with Gasteiger partial charge in [-0.2, -0.15) is 0 Å². The number of hydrogen-bond donors (Lipinski definition) is 2. The number of piperidine rings is 1. The number of aromatic carboxylic acids is 1. The number of methoxy groups -OCH3 is 1. The minimum atomic E-state index is -1.01. The van der Waals surface area contributed by atoms with Gasteiger partial charge in [-0.25, -0.2) is 4.79 Å². The molecule has 154 valence electrons. The number of nitrogens with zero attached hydrogens (tertiary/aromatic N) is 1. The van der Waals surface area contributed by atoms with Crippen LogP contribution >= 0.6 is 15.9 Å². The molecule has 0 aromatic heterocycles. The Kier molecular flexibility index (Phi) is 6.47. The number of halogens is 1. The van der Waals surface area contributed by atoms with E-state index in [2.05, 4.69) is 40.0 Å². The molecule has 7 heteroatoms. The van der Waals surface area contributed by atoms with Crippen LogP contribution in [0.3, 0.4) is 0 Å². The minimum Gasteiger partial charge on any atom is -0.497 e. The van der Waals surface area contributed by atoms with Crippen molar-refractivity contribution < 1.29 is 19.4 Å². The first-order chi connectivity index (χ1) is 13.8. The van der Waals surface area contributed by atoms with Gasteiger partial charge in [0.05, 0.1) is 23.9 Å². The Bertz CT molecular complexity index is 921. The highest BCUT2D eigenvalue weighted by molar-refractivity contribution is 9.10. The quantitative estimate of drug-likeness (QED) is 0.642. The van der Waals surface area contributed by atoms with E-state index in [1.807, 2.05) is 0 Å². The van der Waals surface area contributed by atoms with E-state index >= 15 is 0 Å². The SMILES string of the molecule is COc1ccc(Br)c(C(=O)Nc2ccc(N3C(C)CCCC3C)c(C(=O)O)c2)c1. The summed E-state index contributed by atoms with van der Waals surface area (Å²) in [4.78, 5) is 26.9. The average Bonchev–Trinajstić information content (AvgIpc) is 2.68. The second-order valence-electron chi connectivity index (χ2n) is 7.37. The van der Waals surface area contributed by atoms with Gasteiger partial charge in [-0.1, -0.05) is 0 Å². The third-order valence-electron chi connectivity index (χ3n) is 5.37. The molecular weight excluding hydrogens is 436 g/mol. The highest BCUT2D eigenvalue weighted by Crippen LogP contribution is 2.33.